The van der Waals surface area contributed by atoms with E-state index < -0.39 is 0 Å². The Morgan fingerprint density at radius 1 is 0.600 bits per heavy atom. The fourth-order valence-electron chi connectivity index (χ4n) is 3.39. The quantitative estimate of drug-likeness (QED) is 0.183. The van der Waals surface area contributed by atoms with E-state index in [1.165, 1.54) is 38.5 Å². The van der Waals surface area contributed by atoms with Gasteiger partial charge in [0.1, 0.15) is 18.1 Å². The third-order valence-electron chi connectivity index (χ3n) is 5.32. The molecule has 0 saturated heterocycles. The first-order valence-electron chi connectivity index (χ1n) is 13.2. The van der Waals surface area contributed by atoms with Crippen molar-refractivity contribution in [3.8, 4) is 11.5 Å². The predicted molar refractivity (Wildman–Crippen MR) is 136 cm³/mol. The van der Waals surface area contributed by atoms with E-state index in [4.69, 9.17) is 33.5 Å². The van der Waals surface area contributed by atoms with Crippen molar-refractivity contribution >= 4 is 0 Å². The maximum atomic E-state index is 10.1. The average molecular weight is 501 g/mol. The van der Waals surface area contributed by atoms with E-state index >= 15 is 0 Å². The van der Waals surface area contributed by atoms with Crippen LogP contribution in [-0.4, -0.2) is 89.5 Å². The maximum absolute atomic E-state index is 10.1. The molecule has 0 aliphatic rings. The van der Waals surface area contributed by atoms with E-state index in [0.717, 1.165) is 24.2 Å². The molecule has 1 aromatic carbocycles. The predicted octanol–water partition coefficient (Wildman–Crippen LogP) is 4.14. The second-order valence-corrected chi connectivity index (χ2v) is 8.30. The molecule has 0 heterocycles. The smallest absolute Gasteiger partial charge is 0.119 e. The van der Waals surface area contributed by atoms with Crippen LogP contribution in [0.5, 0.6) is 11.5 Å². The topological polar surface area (TPSA) is 95.8 Å². The van der Waals surface area contributed by atoms with Crippen molar-refractivity contribution in [3.05, 3.63) is 23.8 Å². The van der Waals surface area contributed by atoms with Crippen molar-refractivity contribution in [2.75, 3.05) is 79.3 Å². The SMILES string of the molecule is CCCCCCCCCc1cc(OCCOCCOCCOCCOCCOCCO)ccc1O. The minimum atomic E-state index is 0.0297. The zero-order valence-corrected chi connectivity index (χ0v) is 21.7. The summed E-state index contributed by atoms with van der Waals surface area (Å²) in [6, 6.07) is 5.44. The van der Waals surface area contributed by atoms with Crippen molar-refractivity contribution in [1.82, 2.24) is 0 Å². The van der Waals surface area contributed by atoms with Crippen molar-refractivity contribution in [1.29, 1.82) is 0 Å². The number of ether oxygens (including phenoxy) is 6. The highest BCUT2D eigenvalue weighted by atomic mass is 16.6. The number of benzene rings is 1. The molecule has 0 bridgehead atoms. The van der Waals surface area contributed by atoms with Crippen LogP contribution in [0, 0.1) is 0 Å². The van der Waals surface area contributed by atoms with E-state index in [2.05, 4.69) is 6.92 Å². The highest BCUT2D eigenvalue weighted by molar-refractivity contribution is 5.39. The number of aryl methyl sites for hydroxylation is 1. The third-order valence-corrected chi connectivity index (χ3v) is 5.32. The lowest BCUT2D eigenvalue weighted by molar-refractivity contribution is -0.0146. The molecule has 1 aromatic rings. The molecule has 35 heavy (non-hydrogen) atoms. The molecule has 0 unspecified atom stereocenters. The Morgan fingerprint density at radius 3 is 1.63 bits per heavy atom. The molecule has 0 saturated carbocycles. The number of phenolic OH excluding ortho intramolecular Hbond substituents is 1. The normalized spacial score (nSPS) is 11.3. The summed E-state index contributed by atoms with van der Waals surface area (Å²) in [5.74, 6) is 1.11. The molecule has 0 amide bonds. The molecule has 0 fully saturated rings. The van der Waals surface area contributed by atoms with Crippen LogP contribution >= 0.6 is 0 Å². The van der Waals surface area contributed by atoms with Gasteiger partial charge in [-0.1, -0.05) is 45.4 Å². The fourth-order valence-corrected chi connectivity index (χ4v) is 3.39. The third kappa shape index (κ3) is 19.4. The molecule has 8 nitrogen and oxygen atoms in total. The first-order valence-corrected chi connectivity index (χ1v) is 13.2. The molecular formula is C27H48O8. The molecule has 204 valence electrons. The van der Waals surface area contributed by atoms with Crippen molar-refractivity contribution in [2.45, 2.75) is 58.3 Å². The van der Waals surface area contributed by atoms with E-state index in [1.807, 2.05) is 6.07 Å². The molecule has 1 rings (SSSR count). The van der Waals surface area contributed by atoms with Gasteiger partial charge in [0.2, 0.25) is 0 Å². The van der Waals surface area contributed by atoms with Crippen LogP contribution in [0.1, 0.15) is 57.4 Å². The van der Waals surface area contributed by atoms with Gasteiger partial charge in [0.05, 0.1) is 72.7 Å². The highest BCUT2D eigenvalue weighted by Crippen LogP contribution is 2.25. The number of rotatable bonds is 26. The lowest BCUT2D eigenvalue weighted by Crippen LogP contribution is -2.14. The molecule has 0 aliphatic heterocycles. The molecule has 0 atom stereocenters. The second kappa shape index (κ2) is 24.3. The summed E-state index contributed by atoms with van der Waals surface area (Å²) in [4.78, 5) is 0. The zero-order valence-electron chi connectivity index (χ0n) is 21.7. The Hall–Kier alpha value is -1.42. The first kappa shape index (κ1) is 31.6. The number of hydrogen-bond donors (Lipinski definition) is 2. The Balaban J connectivity index is 1.93. The number of phenols is 1. The van der Waals surface area contributed by atoms with Crippen LogP contribution in [0.15, 0.2) is 18.2 Å². The Labute approximate surface area is 211 Å². The fraction of sp³-hybridized carbons (Fsp3) is 0.778. The summed E-state index contributed by atoms with van der Waals surface area (Å²) in [5, 5.41) is 18.7. The van der Waals surface area contributed by atoms with Gasteiger partial charge < -0.3 is 38.6 Å². The lowest BCUT2D eigenvalue weighted by Gasteiger charge is -2.11. The van der Waals surface area contributed by atoms with Crippen molar-refractivity contribution in [3.63, 3.8) is 0 Å². The van der Waals surface area contributed by atoms with Crippen molar-refractivity contribution < 1.29 is 38.6 Å². The zero-order chi connectivity index (χ0) is 25.2. The first-order chi connectivity index (χ1) is 17.3. The van der Waals surface area contributed by atoms with Gasteiger partial charge in [-0.05, 0) is 36.6 Å². The summed E-state index contributed by atoms with van der Waals surface area (Å²) >= 11 is 0. The largest absolute Gasteiger partial charge is 0.508 e. The highest BCUT2D eigenvalue weighted by Gasteiger charge is 2.04. The Bertz CT molecular complexity index is 584. The number of aliphatic hydroxyl groups excluding tert-OH is 1. The van der Waals surface area contributed by atoms with Gasteiger partial charge >= 0.3 is 0 Å². The molecule has 2 N–H and O–H groups in total. The number of unbranched alkanes of at least 4 members (excludes halogenated alkanes) is 6. The number of aliphatic hydroxyl groups is 1. The van der Waals surface area contributed by atoms with Gasteiger partial charge in [0, 0.05) is 0 Å². The van der Waals surface area contributed by atoms with Crippen LogP contribution in [0.2, 0.25) is 0 Å². The summed E-state index contributed by atoms with van der Waals surface area (Å²) < 4.78 is 32.6. The van der Waals surface area contributed by atoms with Crippen LogP contribution in [0.4, 0.5) is 0 Å². The maximum Gasteiger partial charge on any atom is 0.119 e. The lowest BCUT2D eigenvalue weighted by atomic mass is 10.0. The van der Waals surface area contributed by atoms with Gasteiger partial charge in [0.15, 0.2) is 0 Å². The molecule has 0 aliphatic carbocycles. The van der Waals surface area contributed by atoms with Crippen LogP contribution < -0.4 is 4.74 Å². The van der Waals surface area contributed by atoms with E-state index in [-0.39, 0.29) is 6.61 Å². The summed E-state index contributed by atoms with van der Waals surface area (Å²) in [6.45, 7) is 7.55. The van der Waals surface area contributed by atoms with Crippen LogP contribution in [-0.2, 0) is 30.1 Å². The standard InChI is InChI=1S/C27H48O8/c1-2-3-4-5-6-7-8-9-25-24-26(10-11-27(25)29)35-23-22-34-21-20-33-19-18-32-17-16-31-15-14-30-13-12-28/h10-11,24,28-29H,2-9,12-23H2,1H3. The number of hydrogen-bond acceptors (Lipinski definition) is 8. The summed E-state index contributed by atoms with van der Waals surface area (Å²) in [7, 11) is 0. The van der Waals surface area contributed by atoms with Crippen molar-refractivity contribution in [2.24, 2.45) is 0 Å². The minimum absolute atomic E-state index is 0.0297. The molecular weight excluding hydrogens is 452 g/mol. The van der Waals surface area contributed by atoms with Crippen LogP contribution in [0.25, 0.3) is 0 Å². The van der Waals surface area contributed by atoms with Crippen LogP contribution in [0.3, 0.4) is 0 Å². The van der Waals surface area contributed by atoms with E-state index in [1.54, 1.807) is 12.1 Å². The minimum Gasteiger partial charge on any atom is -0.508 e. The summed E-state index contributed by atoms with van der Waals surface area (Å²) in [5.41, 5.74) is 0.950. The molecule has 0 radical (unpaired) electrons. The van der Waals surface area contributed by atoms with Gasteiger partial charge in [-0.3, -0.25) is 0 Å². The summed E-state index contributed by atoms with van der Waals surface area (Å²) in [6.07, 6.45) is 9.67. The second-order valence-electron chi connectivity index (χ2n) is 8.30. The van der Waals surface area contributed by atoms with Gasteiger partial charge in [0.25, 0.3) is 0 Å². The van der Waals surface area contributed by atoms with Gasteiger partial charge in [-0.2, -0.15) is 0 Å². The Kier molecular flexibility index (Phi) is 21.9. The molecule has 0 spiro atoms. The van der Waals surface area contributed by atoms with E-state index in [0.29, 0.717) is 78.4 Å². The van der Waals surface area contributed by atoms with Gasteiger partial charge in [-0.15, -0.1) is 0 Å². The van der Waals surface area contributed by atoms with Gasteiger partial charge in [-0.25, -0.2) is 0 Å². The Morgan fingerprint density at radius 2 is 1.09 bits per heavy atom. The molecule has 8 heteroatoms. The molecule has 0 aromatic heterocycles. The van der Waals surface area contributed by atoms with E-state index in [9.17, 15) is 5.11 Å². The average Bonchev–Trinajstić information content (AvgIpc) is 2.87. The monoisotopic (exact) mass is 500 g/mol. The number of aromatic hydroxyl groups is 1.